The molecule has 0 spiro atoms. The third-order valence-electron chi connectivity index (χ3n) is 4.69. The van der Waals surface area contributed by atoms with E-state index < -0.39 is 23.6 Å². The Labute approximate surface area is 126 Å². The van der Waals surface area contributed by atoms with E-state index in [-0.39, 0.29) is 22.8 Å². The van der Waals surface area contributed by atoms with Gasteiger partial charge in [0.25, 0.3) is 0 Å². The molecule has 6 heteroatoms. The maximum atomic E-state index is 13.1. The number of rotatable bonds is 3. The first kappa shape index (κ1) is 14.3. The zero-order valence-corrected chi connectivity index (χ0v) is 11.9. The minimum Gasteiger partial charge on any atom is -0.481 e. The van der Waals surface area contributed by atoms with E-state index in [0.29, 0.717) is 5.69 Å². The van der Waals surface area contributed by atoms with Crippen LogP contribution < -0.4 is 5.32 Å². The summed E-state index contributed by atoms with van der Waals surface area (Å²) in [6, 6.07) is 3.92. The fourth-order valence-corrected chi connectivity index (χ4v) is 4.00. The molecule has 21 heavy (non-hydrogen) atoms. The first-order valence-corrected chi connectivity index (χ1v) is 7.34. The molecule has 2 N–H and O–H groups in total. The predicted molar refractivity (Wildman–Crippen MR) is 75.5 cm³/mol. The highest BCUT2D eigenvalue weighted by molar-refractivity contribution is 6.31. The number of fused-ring (bicyclic) bond motifs is 2. The van der Waals surface area contributed by atoms with Crippen molar-refractivity contribution < 1.29 is 19.1 Å². The summed E-state index contributed by atoms with van der Waals surface area (Å²) in [4.78, 5) is 23.8. The molecule has 2 aliphatic carbocycles. The largest absolute Gasteiger partial charge is 0.481 e. The van der Waals surface area contributed by atoms with Crippen LogP contribution in [-0.2, 0) is 9.59 Å². The van der Waals surface area contributed by atoms with Crippen LogP contribution in [0.3, 0.4) is 0 Å². The lowest BCUT2D eigenvalue weighted by Crippen LogP contribution is -2.37. The van der Waals surface area contributed by atoms with Crippen LogP contribution in [-0.4, -0.2) is 17.0 Å². The monoisotopic (exact) mass is 311 g/mol. The standard InChI is InChI=1S/C15H15ClFNO3/c16-10-6-9(3-4-11(10)17)18-14(19)12-7-1-2-8(5-7)13(12)15(20)21/h3-4,6-8,12-13H,1-2,5H2,(H,18,19)(H,20,21)/t7-,8-,12-,13-/m1/s1. The quantitative estimate of drug-likeness (QED) is 0.901. The molecule has 2 bridgehead atoms. The average Bonchev–Trinajstić information content (AvgIpc) is 3.03. The lowest BCUT2D eigenvalue weighted by molar-refractivity contribution is -0.148. The van der Waals surface area contributed by atoms with Crippen molar-refractivity contribution in [3.63, 3.8) is 0 Å². The number of nitrogens with one attached hydrogen (secondary N) is 1. The normalized spacial score (nSPS) is 30.4. The van der Waals surface area contributed by atoms with Gasteiger partial charge in [-0.1, -0.05) is 11.6 Å². The number of anilines is 1. The molecule has 4 atom stereocenters. The molecule has 0 aromatic heterocycles. The van der Waals surface area contributed by atoms with Crippen LogP contribution in [0.15, 0.2) is 18.2 Å². The fourth-order valence-electron chi connectivity index (χ4n) is 3.82. The Morgan fingerprint density at radius 3 is 2.52 bits per heavy atom. The molecule has 2 fully saturated rings. The van der Waals surface area contributed by atoms with E-state index in [9.17, 15) is 19.1 Å². The molecular weight excluding hydrogens is 297 g/mol. The van der Waals surface area contributed by atoms with Crippen molar-refractivity contribution in [2.75, 3.05) is 5.32 Å². The second-order valence-electron chi connectivity index (χ2n) is 5.84. The van der Waals surface area contributed by atoms with Gasteiger partial charge >= 0.3 is 5.97 Å². The van der Waals surface area contributed by atoms with Crippen molar-refractivity contribution in [1.82, 2.24) is 0 Å². The van der Waals surface area contributed by atoms with Crippen molar-refractivity contribution in [3.8, 4) is 0 Å². The van der Waals surface area contributed by atoms with Crippen LogP contribution in [0.1, 0.15) is 19.3 Å². The number of carboxylic acid groups (broad SMARTS) is 1. The van der Waals surface area contributed by atoms with Crippen molar-refractivity contribution >= 4 is 29.2 Å². The number of aliphatic carboxylic acids is 1. The number of amides is 1. The smallest absolute Gasteiger partial charge is 0.307 e. The Hall–Kier alpha value is -1.62. The van der Waals surface area contributed by atoms with E-state index in [1.165, 1.54) is 18.2 Å². The van der Waals surface area contributed by atoms with E-state index in [2.05, 4.69) is 5.32 Å². The third kappa shape index (κ3) is 2.50. The predicted octanol–water partition coefficient (Wildman–Crippen LogP) is 3.16. The number of carbonyl (C=O) groups is 2. The summed E-state index contributed by atoms with van der Waals surface area (Å²) in [7, 11) is 0. The average molecular weight is 312 g/mol. The van der Waals surface area contributed by atoms with Crippen molar-refractivity contribution in [2.24, 2.45) is 23.7 Å². The van der Waals surface area contributed by atoms with Crippen LogP contribution >= 0.6 is 11.6 Å². The summed E-state index contributed by atoms with van der Waals surface area (Å²) >= 11 is 5.68. The second kappa shape index (κ2) is 5.30. The third-order valence-corrected chi connectivity index (χ3v) is 4.98. The zero-order chi connectivity index (χ0) is 15.1. The Morgan fingerprint density at radius 1 is 1.24 bits per heavy atom. The maximum absolute atomic E-state index is 13.1. The van der Waals surface area contributed by atoms with Crippen molar-refractivity contribution in [1.29, 1.82) is 0 Å². The molecule has 0 unspecified atom stereocenters. The molecule has 0 radical (unpaired) electrons. The summed E-state index contributed by atoms with van der Waals surface area (Å²) in [6.45, 7) is 0. The first-order chi connectivity index (χ1) is 9.97. The number of halogens is 2. The molecule has 0 heterocycles. The highest BCUT2D eigenvalue weighted by Crippen LogP contribution is 2.52. The molecule has 1 aromatic rings. The van der Waals surface area contributed by atoms with Gasteiger partial charge < -0.3 is 10.4 Å². The lowest BCUT2D eigenvalue weighted by atomic mass is 9.78. The van der Waals surface area contributed by atoms with Gasteiger partial charge in [-0.15, -0.1) is 0 Å². The zero-order valence-electron chi connectivity index (χ0n) is 11.2. The Balaban J connectivity index is 1.78. The number of benzene rings is 1. The van der Waals surface area contributed by atoms with Gasteiger partial charge in [-0.2, -0.15) is 0 Å². The first-order valence-electron chi connectivity index (χ1n) is 6.96. The van der Waals surface area contributed by atoms with Crippen molar-refractivity contribution in [3.05, 3.63) is 29.0 Å². The number of carboxylic acids is 1. The van der Waals surface area contributed by atoms with E-state index in [4.69, 9.17) is 11.6 Å². The van der Waals surface area contributed by atoms with Gasteiger partial charge in [0.1, 0.15) is 5.82 Å². The van der Waals surface area contributed by atoms with E-state index >= 15 is 0 Å². The molecule has 1 aromatic carbocycles. The minimum absolute atomic E-state index is 0.0736. The fraction of sp³-hybridized carbons (Fsp3) is 0.467. The number of hydrogen-bond donors (Lipinski definition) is 2. The molecule has 3 rings (SSSR count). The summed E-state index contributed by atoms with van der Waals surface area (Å²) in [5.41, 5.74) is 0.387. The molecule has 2 saturated carbocycles. The molecule has 2 aliphatic rings. The van der Waals surface area contributed by atoms with E-state index in [0.717, 1.165) is 19.3 Å². The van der Waals surface area contributed by atoms with Gasteiger partial charge in [0.15, 0.2) is 0 Å². The molecule has 4 nitrogen and oxygen atoms in total. The van der Waals surface area contributed by atoms with Crippen LogP contribution in [0.2, 0.25) is 5.02 Å². The second-order valence-corrected chi connectivity index (χ2v) is 6.25. The molecular formula is C15H15ClFNO3. The van der Waals surface area contributed by atoms with Crippen LogP contribution in [0, 0.1) is 29.5 Å². The molecule has 112 valence electrons. The van der Waals surface area contributed by atoms with Crippen LogP contribution in [0.25, 0.3) is 0 Å². The van der Waals surface area contributed by atoms with Gasteiger partial charge in [0.2, 0.25) is 5.91 Å². The lowest BCUT2D eigenvalue weighted by Gasteiger charge is -2.27. The molecule has 0 aliphatic heterocycles. The summed E-state index contributed by atoms with van der Waals surface area (Å²) < 4.78 is 13.1. The van der Waals surface area contributed by atoms with Gasteiger partial charge in [0.05, 0.1) is 16.9 Å². The van der Waals surface area contributed by atoms with Gasteiger partial charge in [-0.25, -0.2) is 4.39 Å². The van der Waals surface area contributed by atoms with Crippen LogP contribution in [0.4, 0.5) is 10.1 Å². The Bertz CT molecular complexity index is 607. The topological polar surface area (TPSA) is 66.4 Å². The Morgan fingerprint density at radius 2 is 1.90 bits per heavy atom. The van der Waals surface area contributed by atoms with Gasteiger partial charge in [0, 0.05) is 5.69 Å². The number of hydrogen-bond acceptors (Lipinski definition) is 2. The number of carbonyl (C=O) groups excluding carboxylic acids is 1. The Kier molecular flexibility index (Phi) is 3.61. The van der Waals surface area contributed by atoms with E-state index in [1.54, 1.807) is 0 Å². The highest BCUT2D eigenvalue weighted by Gasteiger charge is 2.53. The summed E-state index contributed by atoms with van der Waals surface area (Å²) in [6.07, 6.45) is 2.59. The molecule has 1 amide bonds. The van der Waals surface area contributed by atoms with Crippen LogP contribution in [0.5, 0.6) is 0 Å². The minimum atomic E-state index is -0.903. The van der Waals surface area contributed by atoms with E-state index in [1.807, 2.05) is 0 Å². The summed E-state index contributed by atoms with van der Waals surface area (Å²) in [5, 5.41) is 11.9. The van der Waals surface area contributed by atoms with Gasteiger partial charge in [-0.05, 0) is 49.3 Å². The summed E-state index contributed by atoms with van der Waals surface area (Å²) in [5.74, 6) is -2.66. The SMILES string of the molecule is O=C(O)[C@@H]1[C@@H]2CC[C@H](C2)[C@H]1C(=O)Nc1ccc(F)c(Cl)c1. The van der Waals surface area contributed by atoms with Crippen molar-refractivity contribution in [2.45, 2.75) is 19.3 Å². The highest BCUT2D eigenvalue weighted by atomic mass is 35.5. The maximum Gasteiger partial charge on any atom is 0.307 e. The molecule has 0 saturated heterocycles. The van der Waals surface area contributed by atoms with Gasteiger partial charge in [-0.3, -0.25) is 9.59 Å².